The molecule has 0 N–H and O–H groups in total. The second-order valence-corrected chi connectivity index (χ2v) is 6.06. The second-order valence-electron chi connectivity index (χ2n) is 6.06. The summed E-state index contributed by atoms with van der Waals surface area (Å²) in [5.41, 5.74) is 3.01. The zero-order valence-electron chi connectivity index (χ0n) is 12.7. The van der Waals surface area contributed by atoms with Crippen LogP contribution in [0.15, 0.2) is 42.6 Å². The van der Waals surface area contributed by atoms with Crippen LogP contribution in [0.1, 0.15) is 22.7 Å². The van der Waals surface area contributed by atoms with E-state index in [0.717, 1.165) is 37.7 Å². The van der Waals surface area contributed by atoms with Gasteiger partial charge in [0.05, 0.1) is 23.9 Å². The van der Waals surface area contributed by atoms with Gasteiger partial charge in [0.25, 0.3) is 0 Å². The first kappa shape index (κ1) is 15.8. The molecule has 4 rings (SSSR count). The summed E-state index contributed by atoms with van der Waals surface area (Å²) in [5, 5.41) is 9.12. The SMILES string of the molecule is Cl.N#Cc1ccc2c(c1)[C@H]1CN(Cc3ccccn3)C[C@@H]1CO2. The van der Waals surface area contributed by atoms with Crippen molar-refractivity contribution in [3.05, 3.63) is 59.4 Å². The van der Waals surface area contributed by atoms with Crippen LogP contribution in [0.25, 0.3) is 0 Å². The van der Waals surface area contributed by atoms with E-state index >= 15 is 0 Å². The van der Waals surface area contributed by atoms with Crippen LogP contribution in [0.2, 0.25) is 0 Å². The van der Waals surface area contributed by atoms with Crippen LogP contribution in [-0.4, -0.2) is 29.6 Å². The molecule has 5 heteroatoms. The molecule has 23 heavy (non-hydrogen) atoms. The molecule has 0 aliphatic carbocycles. The number of ether oxygens (including phenoxy) is 1. The predicted molar refractivity (Wildman–Crippen MR) is 89.6 cm³/mol. The Bertz CT molecular complexity index is 729. The van der Waals surface area contributed by atoms with Gasteiger partial charge in [-0.1, -0.05) is 6.07 Å². The summed E-state index contributed by atoms with van der Waals surface area (Å²) in [6.45, 7) is 3.67. The van der Waals surface area contributed by atoms with E-state index in [2.05, 4.69) is 22.0 Å². The number of likely N-dealkylation sites (tertiary alicyclic amines) is 1. The Balaban J connectivity index is 0.00000156. The van der Waals surface area contributed by atoms with Gasteiger partial charge in [-0.25, -0.2) is 0 Å². The topological polar surface area (TPSA) is 49.2 Å². The minimum atomic E-state index is 0. The zero-order chi connectivity index (χ0) is 14.9. The van der Waals surface area contributed by atoms with Crippen molar-refractivity contribution in [3.63, 3.8) is 0 Å². The summed E-state index contributed by atoms with van der Waals surface area (Å²) in [6.07, 6.45) is 1.84. The monoisotopic (exact) mass is 327 g/mol. The van der Waals surface area contributed by atoms with Crippen molar-refractivity contribution in [1.82, 2.24) is 9.88 Å². The minimum Gasteiger partial charge on any atom is -0.493 e. The van der Waals surface area contributed by atoms with E-state index in [-0.39, 0.29) is 12.4 Å². The number of aromatic nitrogens is 1. The maximum atomic E-state index is 9.12. The van der Waals surface area contributed by atoms with E-state index in [0.29, 0.717) is 17.4 Å². The molecule has 1 aromatic carbocycles. The third-order valence-corrected chi connectivity index (χ3v) is 4.62. The summed E-state index contributed by atoms with van der Waals surface area (Å²) >= 11 is 0. The lowest BCUT2D eigenvalue weighted by Crippen LogP contribution is -2.25. The summed E-state index contributed by atoms with van der Waals surface area (Å²) in [5.74, 6) is 1.91. The molecule has 1 saturated heterocycles. The van der Waals surface area contributed by atoms with Crippen LogP contribution < -0.4 is 4.74 Å². The molecular formula is C18H18ClN3O. The lowest BCUT2D eigenvalue weighted by molar-refractivity contribution is 0.212. The Labute approximate surface area is 142 Å². The van der Waals surface area contributed by atoms with Gasteiger partial charge in [0, 0.05) is 43.2 Å². The van der Waals surface area contributed by atoms with Gasteiger partial charge in [0.2, 0.25) is 0 Å². The highest BCUT2D eigenvalue weighted by molar-refractivity contribution is 5.85. The number of benzene rings is 1. The maximum Gasteiger partial charge on any atom is 0.122 e. The summed E-state index contributed by atoms with van der Waals surface area (Å²) < 4.78 is 5.88. The molecule has 118 valence electrons. The molecule has 2 aromatic rings. The molecule has 2 aliphatic heterocycles. The van der Waals surface area contributed by atoms with Crippen LogP contribution in [-0.2, 0) is 6.54 Å². The van der Waals surface area contributed by atoms with E-state index in [1.165, 1.54) is 5.56 Å². The highest BCUT2D eigenvalue weighted by atomic mass is 35.5. The number of nitriles is 1. The molecule has 0 unspecified atom stereocenters. The molecule has 2 aliphatic rings. The molecular weight excluding hydrogens is 310 g/mol. The van der Waals surface area contributed by atoms with E-state index in [1.807, 2.05) is 36.5 Å². The third-order valence-electron chi connectivity index (χ3n) is 4.62. The number of nitrogens with zero attached hydrogens (tertiary/aromatic N) is 3. The second kappa shape index (κ2) is 6.57. The third kappa shape index (κ3) is 3.03. The van der Waals surface area contributed by atoms with Crippen molar-refractivity contribution in [2.24, 2.45) is 5.92 Å². The van der Waals surface area contributed by atoms with Crippen molar-refractivity contribution in [1.29, 1.82) is 5.26 Å². The highest BCUT2D eigenvalue weighted by Crippen LogP contribution is 2.42. The molecule has 0 amide bonds. The quantitative estimate of drug-likeness (QED) is 0.851. The average molecular weight is 328 g/mol. The normalized spacial score (nSPS) is 22.2. The molecule has 1 fully saturated rings. The van der Waals surface area contributed by atoms with Gasteiger partial charge in [0.1, 0.15) is 5.75 Å². The lowest BCUT2D eigenvalue weighted by Gasteiger charge is -2.27. The lowest BCUT2D eigenvalue weighted by atomic mass is 9.86. The van der Waals surface area contributed by atoms with Crippen molar-refractivity contribution in [2.45, 2.75) is 12.5 Å². The molecule has 4 nitrogen and oxygen atoms in total. The molecule has 0 saturated carbocycles. The molecule has 3 heterocycles. The number of rotatable bonds is 2. The van der Waals surface area contributed by atoms with E-state index in [9.17, 15) is 0 Å². The van der Waals surface area contributed by atoms with Crippen molar-refractivity contribution in [2.75, 3.05) is 19.7 Å². The first-order valence-corrected chi connectivity index (χ1v) is 7.62. The number of pyridine rings is 1. The largest absolute Gasteiger partial charge is 0.493 e. The highest BCUT2D eigenvalue weighted by Gasteiger charge is 2.38. The molecule has 0 spiro atoms. The number of hydrogen-bond donors (Lipinski definition) is 0. The van der Waals surface area contributed by atoms with Gasteiger partial charge >= 0.3 is 0 Å². The summed E-state index contributed by atoms with van der Waals surface area (Å²) in [6, 6.07) is 14.0. The maximum absolute atomic E-state index is 9.12. The standard InChI is InChI=1S/C18H17N3O.ClH/c19-8-13-4-5-18-16(7-13)17-11-21(9-14(17)12-22-18)10-15-3-1-2-6-20-15;/h1-7,14,17H,9-12H2;1H/t14-,17+;/m1./s1. The van der Waals surface area contributed by atoms with Gasteiger partial charge in [0.15, 0.2) is 0 Å². The van der Waals surface area contributed by atoms with E-state index < -0.39 is 0 Å². The predicted octanol–water partition coefficient (Wildman–Crippen LogP) is 2.98. The Hall–Kier alpha value is -2.09. The van der Waals surface area contributed by atoms with Crippen LogP contribution in [0, 0.1) is 17.2 Å². The van der Waals surface area contributed by atoms with Gasteiger partial charge in [-0.05, 0) is 30.3 Å². The number of halogens is 1. The van der Waals surface area contributed by atoms with Gasteiger partial charge in [-0.3, -0.25) is 9.88 Å². The first-order chi connectivity index (χ1) is 10.8. The van der Waals surface area contributed by atoms with Crippen LogP contribution in [0.4, 0.5) is 0 Å². The van der Waals surface area contributed by atoms with Gasteiger partial charge in [-0.2, -0.15) is 5.26 Å². The van der Waals surface area contributed by atoms with Crippen molar-refractivity contribution in [3.8, 4) is 11.8 Å². The molecule has 1 aromatic heterocycles. The van der Waals surface area contributed by atoms with Crippen LogP contribution in [0.5, 0.6) is 5.75 Å². The fourth-order valence-corrected chi connectivity index (χ4v) is 3.57. The molecule has 0 radical (unpaired) electrons. The average Bonchev–Trinajstić information content (AvgIpc) is 2.98. The van der Waals surface area contributed by atoms with E-state index in [4.69, 9.17) is 10.00 Å². The Morgan fingerprint density at radius 1 is 1.26 bits per heavy atom. The fraction of sp³-hybridized carbons (Fsp3) is 0.333. The Morgan fingerprint density at radius 2 is 2.17 bits per heavy atom. The molecule has 0 bridgehead atoms. The Morgan fingerprint density at radius 3 is 2.96 bits per heavy atom. The van der Waals surface area contributed by atoms with Crippen LogP contribution in [0.3, 0.4) is 0 Å². The van der Waals surface area contributed by atoms with Crippen molar-refractivity contribution < 1.29 is 4.74 Å². The van der Waals surface area contributed by atoms with Crippen molar-refractivity contribution >= 4 is 12.4 Å². The number of hydrogen-bond acceptors (Lipinski definition) is 4. The molecule has 2 atom stereocenters. The fourth-order valence-electron chi connectivity index (χ4n) is 3.57. The van der Waals surface area contributed by atoms with E-state index in [1.54, 1.807) is 0 Å². The van der Waals surface area contributed by atoms with Gasteiger partial charge in [-0.15, -0.1) is 12.4 Å². The number of fused-ring (bicyclic) bond motifs is 3. The summed E-state index contributed by atoms with van der Waals surface area (Å²) in [4.78, 5) is 6.85. The minimum absolute atomic E-state index is 0. The first-order valence-electron chi connectivity index (χ1n) is 7.62. The van der Waals surface area contributed by atoms with Gasteiger partial charge < -0.3 is 4.74 Å². The zero-order valence-corrected chi connectivity index (χ0v) is 13.5. The summed E-state index contributed by atoms with van der Waals surface area (Å²) in [7, 11) is 0. The van der Waals surface area contributed by atoms with Crippen LogP contribution >= 0.6 is 12.4 Å². The Kier molecular flexibility index (Phi) is 4.51. The smallest absolute Gasteiger partial charge is 0.122 e.